The number of benzene rings is 1. The van der Waals surface area contributed by atoms with Gasteiger partial charge in [0.2, 0.25) is 0 Å². The van der Waals surface area contributed by atoms with Crippen LogP contribution in [0.25, 0.3) is 0 Å². The molecule has 150 valence electrons. The standard InChI is InChI=1S/C23H34ClNO2/c1-5-6-27-20-17(7-18(24)8-19(20)26-4)12-25-23-11-16-9-21(2,14-23)13-22(3,10-16)15-23/h7-8,16,25H,5-6,9-15H2,1-4H3. The molecule has 1 aromatic carbocycles. The van der Waals surface area contributed by atoms with Gasteiger partial charge in [0, 0.05) is 28.7 Å². The lowest BCUT2D eigenvalue weighted by molar-refractivity contribution is -0.118. The Labute approximate surface area is 169 Å². The second kappa shape index (κ2) is 6.84. The molecule has 2 atom stereocenters. The average molecular weight is 392 g/mol. The summed E-state index contributed by atoms with van der Waals surface area (Å²) in [6.07, 6.45) is 9.13. The zero-order valence-electron chi connectivity index (χ0n) is 17.3. The van der Waals surface area contributed by atoms with Gasteiger partial charge in [-0.2, -0.15) is 0 Å². The highest BCUT2D eigenvalue weighted by Crippen LogP contribution is 2.66. The summed E-state index contributed by atoms with van der Waals surface area (Å²) in [7, 11) is 1.68. The van der Waals surface area contributed by atoms with E-state index in [1.54, 1.807) is 7.11 Å². The topological polar surface area (TPSA) is 30.5 Å². The lowest BCUT2D eigenvalue weighted by Gasteiger charge is -2.65. The predicted octanol–water partition coefficient (Wildman–Crippen LogP) is 5.98. The molecule has 2 unspecified atom stereocenters. The normalized spacial score (nSPS) is 36.9. The SMILES string of the molecule is CCCOc1c(CNC23CC4CC(C)(CC(C)(C4)C2)C3)cc(Cl)cc1OC. The van der Waals surface area contributed by atoms with Crippen molar-refractivity contribution in [3.05, 3.63) is 22.7 Å². The lowest BCUT2D eigenvalue weighted by atomic mass is 9.43. The molecule has 3 nitrogen and oxygen atoms in total. The summed E-state index contributed by atoms with van der Waals surface area (Å²) in [6.45, 7) is 8.63. The molecular weight excluding hydrogens is 358 g/mol. The largest absolute Gasteiger partial charge is 0.493 e. The van der Waals surface area contributed by atoms with Crippen LogP contribution in [0.5, 0.6) is 11.5 Å². The van der Waals surface area contributed by atoms with Gasteiger partial charge in [0.25, 0.3) is 0 Å². The zero-order chi connectivity index (χ0) is 19.3. The third kappa shape index (κ3) is 3.70. The van der Waals surface area contributed by atoms with E-state index in [1.807, 2.05) is 12.1 Å². The van der Waals surface area contributed by atoms with E-state index in [9.17, 15) is 0 Å². The summed E-state index contributed by atoms with van der Waals surface area (Å²) in [5, 5.41) is 4.70. The predicted molar refractivity (Wildman–Crippen MR) is 111 cm³/mol. The van der Waals surface area contributed by atoms with Crippen LogP contribution in [0.1, 0.15) is 71.3 Å². The van der Waals surface area contributed by atoms with Crippen molar-refractivity contribution in [1.29, 1.82) is 0 Å². The summed E-state index contributed by atoms with van der Waals surface area (Å²) >= 11 is 6.37. The number of methoxy groups -OCH3 is 1. The summed E-state index contributed by atoms with van der Waals surface area (Å²) < 4.78 is 11.6. The molecule has 4 aliphatic carbocycles. The molecule has 0 aliphatic heterocycles. The molecular formula is C23H34ClNO2. The second-order valence-corrected chi connectivity index (χ2v) is 10.6. The fourth-order valence-electron chi connectivity index (χ4n) is 7.20. The van der Waals surface area contributed by atoms with Gasteiger partial charge < -0.3 is 14.8 Å². The van der Waals surface area contributed by atoms with Crippen molar-refractivity contribution in [3.63, 3.8) is 0 Å². The van der Waals surface area contributed by atoms with Gasteiger partial charge in [-0.3, -0.25) is 0 Å². The number of hydrogen-bond donors (Lipinski definition) is 1. The summed E-state index contributed by atoms with van der Waals surface area (Å²) in [5.41, 5.74) is 2.39. The van der Waals surface area contributed by atoms with Gasteiger partial charge in [0.1, 0.15) is 0 Å². The van der Waals surface area contributed by atoms with E-state index in [2.05, 4.69) is 26.1 Å². The van der Waals surface area contributed by atoms with Crippen LogP contribution in [-0.2, 0) is 6.54 Å². The molecule has 0 saturated heterocycles. The molecule has 5 rings (SSSR count). The molecule has 1 aromatic rings. The van der Waals surface area contributed by atoms with E-state index >= 15 is 0 Å². The number of ether oxygens (including phenoxy) is 2. The Hall–Kier alpha value is -0.930. The Balaban J connectivity index is 1.57. The molecule has 0 radical (unpaired) electrons. The van der Waals surface area contributed by atoms with E-state index in [1.165, 1.54) is 38.5 Å². The van der Waals surface area contributed by atoms with Crippen LogP contribution < -0.4 is 14.8 Å². The van der Waals surface area contributed by atoms with Gasteiger partial charge >= 0.3 is 0 Å². The minimum absolute atomic E-state index is 0.264. The van der Waals surface area contributed by atoms with Crippen LogP contribution in [0.15, 0.2) is 12.1 Å². The maximum atomic E-state index is 6.37. The quantitative estimate of drug-likeness (QED) is 0.620. The molecule has 4 aliphatic rings. The molecule has 0 amide bonds. The Morgan fingerprint density at radius 2 is 1.81 bits per heavy atom. The summed E-state index contributed by atoms with van der Waals surface area (Å²) in [6, 6.07) is 3.88. The monoisotopic (exact) mass is 391 g/mol. The van der Waals surface area contributed by atoms with Crippen molar-refractivity contribution in [2.45, 2.75) is 77.8 Å². The van der Waals surface area contributed by atoms with E-state index < -0.39 is 0 Å². The first-order valence-electron chi connectivity index (χ1n) is 10.5. The fraction of sp³-hybridized carbons (Fsp3) is 0.739. The molecule has 1 N–H and O–H groups in total. The van der Waals surface area contributed by atoms with Crippen LogP contribution in [-0.4, -0.2) is 19.3 Å². The Bertz CT molecular complexity index is 701. The van der Waals surface area contributed by atoms with Crippen LogP contribution in [0.3, 0.4) is 0 Å². The van der Waals surface area contributed by atoms with Crippen LogP contribution in [0, 0.1) is 16.7 Å². The van der Waals surface area contributed by atoms with Crippen molar-refractivity contribution >= 4 is 11.6 Å². The van der Waals surface area contributed by atoms with Gasteiger partial charge in [0.15, 0.2) is 11.5 Å². The van der Waals surface area contributed by atoms with Crippen molar-refractivity contribution in [1.82, 2.24) is 5.32 Å². The molecule has 4 bridgehead atoms. The highest BCUT2D eigenvalue weighted by molar-refractivity contribution is 6.30. The third-order valence-electron chi connectivity index (χ3n) is 7.05. The van der Waals surface area contributed by atoms with E-state index in [0.717, 1.165) is 35.9 Å². The molecule has 0 heterocycles. The van der Waals surface area contributed by atoms with Crippen molar-refractivity contribution in [2.75, 3.05) is 13.7 Å². The third-order valence-corrected chi connectivity index (χ3v) is 7.27. The molecule has 0 spiro atoms. The maximum Gasteiger partial charge on any atom is 0.165 e. The van der Waals surface area contributed by atoms with Crippen molar-refractivity contribution in [3.8, 4) is 11.5 Å². The molecule has 27 heavy (non-hydrogen) atoms. The Morgan fingerprint density at radius 3 is 2.41 bits per heavy atom. The van der Waals surface area contributed by atoms with E-state index in [0.29, 0.717) is 22.5 Å². The number of rotatable bonds is 7. The number of hydrogen-bond acceptors (Lipinski definition) is 3. The van der Waals surface area contributed by atoms with Crippen LogP contribution >= 0.6 is 11.6 Å². The summed E-state index contributed by atoms with van der Waals surface area (Å²) in [5.74, 6) is 2.46. The minimum atomic E-state index is 0.264. The van der Waals surface area contributed by atoms with E-state index in [-0.39, 0.29) is 5.54 Å². The Morgan fingerprint density at radius 1 is 1.11 bits per heavy atom. The first kappa shape index (κ1) is 19.4. The van der Waals surface area contributed by atoms with Gasteiger partial charge in [0.05, 0.1) is 13.7 Å². The molecule has 4 heteroatoms. The minimum Gasteiger partial charge on any atom is -0.493 e. The van der Waals surface area contributed by atoms with Crippen molar-refractivity contribution in [2.24, 2.45) is 16.7 Å². The average Bonchev–Trinajstić information content (AvgIpc) is 2.55. The molecule has 4 saturated carbocycles. The number of nitrogens with one attached hydrogen (secondary N) is 1. The van der Waals surface area contributed by atoms with E-state index in [4.69, 9.17) is 21.1 Å². The highest BCUT2D eigenvalue weighted by atomic mass is 35.5. The smallest absolute Gasteiger partial charge is 0.165 e. The first-order valence-corrected chi connectivity index (χ1v) is 10.9. The van der Waals surface area contributed by atoms with Gasteiger partial charge in [-0.25, -0.2) is 0 Å². The van der Waals surface area contributed by atoms with Crippen LogP contribution in [0.4, 0.5) is 0 Å². The fourth-order valence-corrected chi connectivity index (χ4v) is 7.43. The summed E-state index contributed by atoms with van der Waals surface area (Å²) in [4.78, 5) is 0. The molecule has 0 aromatic heterocycles. The number of halogens is 1. The van der Waals surface area contributed by atoms with Gasteiger partial charge in [-0.15, -0.1) is 0 Å². The molecule has 4 fully saturated rings. The van der Waals surface area contributed by atoms with Crippen molar-refractivity contribution < 1.29 is 9.47 Å². The highest BCUT2D eigenvalue weighted by Gasteiger charge is 2.59. The lowest BCUT2D eigenvalue weighted by Crippen LogP contribution is -2.63. The maximum absolute atomic E-state index is 6.37. The first-order chi connectivity index (χ1) is 12.8. The van der Waals surface area contributed by atoms with Gasteiger partial charge in [-0.05, 0) is 67.8 Å². The zero-order valence-corrected chi connectivity index (χ0v) is 18.0. The second-order valence-electron chi connectivity index (χ2n) is 10.2. The van der Waals surface area contributed by atoms with Gasteiger partial charge in [-0.1, -0.05) is 32.4 Å². The Kier molecular flexibility index (Phi) is 4.91. The van der Waals surface area contributed by atoms with Crippen LogP contribution in [0.2, 0.25) is 5.02 Å².